The van der Waals surface area contributed by atoms with Crippen molar-refractivity contribution in [1.82, 2.24) is 9.78 Å². The molecular weight excluding hydrogens is 380 g/mol. The van der Waals surface area contributed by atoms with Gasteiger partial charge in [0.05, 0.1) is 23.3 Å². The number of hydrogen-bond acceptors (Lipinski definition) is 3. The Labute approximate surface area is 146 Å². The highest BCUT2D eigenvalue weighted by atomic mass is 79.9. The van der Waals surface area contributed by atoms with Gasteiger partial charge in [0.15, 0.2) is 0 Å². The summed E-state index contributed by atoms with van der Waals surface area (Å²) in [6, 6.07) is 14.8. The normalized spacial score (nSPS) is 10.5. The molecule has 0 aliphatic rings. The minimum Gasteiger partial charge on any atom is -0.425 e. The van der Waals surface area contributed by atoms with E-state index < -0.39 is 0 Å². The molecule has 4 nitrogen and oxygen atoms in total. The van der Waals surface area contributed by atoms with Crippen LogP contribution in [0.2, 0.25) is 5.02 Å². The van der Waals surface area contributed by atoms with Gasteiger partial charge in [0, 0.05) is 16.2 Å². The second-order valence-corrected chi connectivity index (χ2v) is 6.18. The number of halogens is 2. The van der Waals surface area contributed by atoms with Crippen LogP contribution in [0.5, 0.6) is 5.75 Å². The third-order valence-corrected chi connectivity index (χ3v) is 3.91. The molecule has 0 fully saturated rings. The Morgan fingerprint density at radius 3 is 2.74 bits per heavy atom. The minimum absolute atomic E-state index is 0.124. The monoisotopic (exact) mass is 390 g/mol. The molecule has 0 bridgehead atoms. The van der Waals surface area contributed by atoms with Crippen molar-refractivity contribution in [3.63, 3.8) is 0 Å². The molecule has 0 unspecified atom stereocenters. The van der Waals surface area contributed by atoms with Crippen molar-refractivity contribution in [3.05, 3.63) is 76.0 Å². The molecule has 2 aromatic carbocycles. The highest BCUT2D eigenvalue weighted by Crippen LogP contribution is 2.28. The summed E-state index contributed by atoms with van der Waals surface area (Å²) < 4.78 is 7.83. The van der Waals surface area contributed by atoms with Gasteiger partial charge in [0.25, 0.3) is 0 Å². The highest BCUT2D eigenvalue weighted by Gasteiger charge is 2.11. The summed E-state index contributed by atoms with van der Waals surface area (Å²) in [6.45, 7) is 0. The van der Waals surface area contributed by atoms with Gasteiger partial charge in [0.2, 0.25) is 0 Å². The zero-order valence-electron chi connectivity index (χ0n) is 11.9. The maximum absolute atomic E-state index is 12.0. The first-order valence-electron chi connectivity index (χ1n) is 6.86. The first-order chi connectivity index (χ1) is 11.1. The van der Waals surface area contributed by atoms with Crippen LogP contribution in [-0.4, -0.2) is 15.7 Å². The van der Waals surface area contributed by atoms with Gasteiger partial charge in [0.1, 0.15) is 5.75 Å². The largest absolute Gasteiger partial charge is 0.425 e. The van der Waals surface area contributed by atoms with Crippen molar-refractivity contribution < 1.29 is 9.53 Å². The summed E-state index contributed by atoms with van der Waals surface area (Å²) in [7, 11) is 0. The second kappa shape index (κ2) is 6.98. The number of esters is 1. The van der Waals surface area contributed by atoms with E-state index in [2.05, 4.69) is 21.0 Å². The number of nitrogens with zero attached hydrogens (tertiary/aromatic N) is 2. The van der Waals surface area contributed by atoms with E-state index in [4.69, 9.17) is 16.3 Å². The summed E-state index contributed by atoms with van der Waals surface area (Å²) >= 11 is 9.34. The number of carbonyl (C=O) groups excluding carboxylic acids is 1. The number of hydrogen-bond donors (Lipinski definition) is 0. The smallest absolute Gasteiger partial charge is 0.315 e. The Hall–Kier alpha value is -2.11. The lowest BCUT2D eigenvalue weighted by molar-refractivity contribution is -0.133. The van der Waals surface area contributed by atoms with E-state index >= 15 is 0 Å². The number of rotatable bonds is 4. The van der Waals surface area contributed by atoms with Crippen molar-refractivity contribution >= 4 is 33.5 Å². The van der Waals surface area contributed by atoms with Gasteiger partial charge in [-0.2, -0.15) is 5.10 Å². The third-order valence-electron chi connectivity index (χ3n) is 3.12. The number of benzene rings is 2. The molecule has 1 aromatic heterocycles. The third kappa shape index (κ3) is 4.00. The Balaban J connectivity index is 1.68. The lowest BCUT2D eigenvalue weighted by Gasteiger charge is -2.05. The van der Waals surface area contributed by atoms with Gasteiger partial charge in [-0.05, 0) is 30.3 Å². The van der Waals surface area contributed by atoms with Crippen LogP contribution in [-0.2, 0) is 11.2 Å². The van der Waals surface area contributed by atoms with E-state index in [0.29, 0.717) is 10.8 Å². The molecule has 0 N–H and O–H groups in total. The van der Waals surface area contributed by atoms with Crippen LogP contribution >= 0.6 is 27.5 Å². The summed E-state index contributed by atoms with van der Waals surface area (Å²) in [6.07, 6.45) is 3.58. The standard InChI is InChI=1S/C17H12BrClN2O2/c18-13-6-7-16(15(19)9-13)23-17(22)8-12-10-20-21(11-12)14-4-2-1-3-5-14/h1-7,9-11H,8H2. The van der Waals surface area contributed by atoms with Crippen molar-refractivity contribution in [2.75, 3.05) is 0 Å². The zero-order valence-corrected chi connectivity index (χ0v) is 14.3. The first-order valence-corrected chi connectivity index (χ1v) is 8.03. The molecule has 0 atom stereocenters. The van der Waals surface area contributed by atoms with Crippen molar-refractivity contribution in [2.24, 2.45) is 0 Å². The molecule has 0 aliphatic carbocycles. The molecule has 23 heavy (non-hydrogen) atoms. The topological polar surface area (TPSA) is 44.1 Å². The first kappa shape index (κ1) is 15.8. The maximum Gasteiger partial charge on any atom is 0.315 e. The number of para-hydroxylation sites is 1. The predicted octanol–water partition coefficient (Wildman–Crippen LogP) is 4.44. The van der Waals surface area contributed by atoms with Crippen molar-refractivity contribution in [3.8, 4) is 11.4 Å². The zero-order chi connectivity index (χ0) is 16.2. The van der Waals surface area contributed by atoms with Gasteiger partial charge in [-0.15, -0.1) is 0 Å². The van der Waals surface area contributed by atoms with E-state index in [9.17, 15) is 4.79 Å². The number of carbonyl (C=O) groups is 1. The lowest BCUT2D eigenvalue weighted by Crippen LogP contribution is -2.11. The SMILES string of the molecule is O=C(Cc1cnn(-c2ccccc2)c1)Oc1ccc(Br)cc1Cl. The lowest BCUT2D eigenvalue weighted by atomic mass is 10.2. The highest BCUT2D eigenvalue weighted by molar-refractivity contribution is 9.10. The fraction of sp³-hybridized carbons (Fsp3) is 0.0588. The Kier molecular flexibility index (Phi) is 4.79. The molecule has 3 rings (SSSR count). The van der Waals surface area contributed by atoms with E-state index in [1.54, 1.807) is 35.3 Å². The minimum atomic E-state index is -0.387. The molecule has 0 amide bonds. The molecule has 0 saturated heterocycles. The van der Waals surface area contributed by atoms with Gasteiger partial charge >= 0.3 is 5.97 Å². The summed E-state index contributed by atoms with van der Waals surface area (Å²) in [4.78, 5) is 12.0. The van der Waals surface area contributed by atoms with Crippen LogP contribution in [0.25, 0.3) is 5.69 Å². The van der Waals surface area contributed by atoms with Gasteiger partial charge < -0.3 is 4.74 Å². The summed E-state index contributed by atoms with van der Waals surface area (Å²) in [5, 5.41) is 4.63. The van der Waals surface area contributed by atoms with Crippen molar-refractivity contribution in [2.45, 2.75) is 6.42 Å². The average molecular weight is 392 g/mol. The molecule has 0 spiro atoms. The van der Waals surface area contributed by atoms with E-state index in [0.717, 1.165) is 15.7 Å². The average Bonchev–Trinajstić information content (AvgIpc) is 2.99. The van der Waals surface area contributed by atoms with Gasteiger partial charge in [-0.1, -0.05) is 45.7 Å². The van der Waals surface area contributed by atoms with Crippen LogP contribution in [0, 0.1) is 0 Å². The fourth-order valence-electron chi connectivity index (χ4n) is 2.06. The molecule has 0 radical (unpaired) electrons. The molecule has 1 heterocycles. The molecule has 6 heteroatoms. The molecule has 0 aliphatic heterocycles. The van der Waals surface area contributed by atoms with E-state index in [1.807, 2.05) is 30.3 Å². The molecular formula is C17H12BrClN2O2. The van der Waals surface area contributed by atoms with Gasteiger partial charge in [-0.25, -0.2) is 4.68 Å². The van der Waals surface area contributed by atoms with Crippen LogP contribution < -0.4 is 4.74 Å². The van der Waals surface area contributed by atoms with E-state index in [1.165, 1.54) is 0 Å². The Morgan fingerprint density at radius 2 is 2.00 bits per heavy atom. The summed E-state index contributed by atoms with van der Waals surface area (Å²) in [5.74, 6) is -0.0443. The van der Waals surface area contributed by atoms with Gasteiger partial charge in [-0.3, -0.25) is 4.79 Å². The van der Waals surface area contributed by atoms with Crippen molar-refractivity contribution in [1.29, 1.82) is 0 Å². The Morgan fingerprint density at radius 1 is 1.22 bits per heavy atom. The summed E-state index contributed by atoms with van der Waals surface area (Å²) in [5.41, 5.74) is 1.70. The predicted molar refractivity (Wildman–Crippen MR) is 92.1 cm³/mol. The fourth-order valence-corrected chi connectivity index (χ4v) is 2.77. The Bertz CT molecular complexity index is 834. The molecule has 116 valence electrons. The van der Waals surface area contributed by atoms with E-state index in [-0.39, 0.29) is 12.4 Å². The molecule has 0 saturated carbocycles. The maximum atomic E-state index is 12.0. The van der Waals surface area contributed by atoms with Crippen LogP contribution in [0.1, 0.15) is 5.56 Å². The second-order valence-electron chi connectivity index (χ2n) is 4.85. The number of ether oxygens (including phenoxy) is 1. The van der Waals surface area contributed by atoms with Crippen LogP contribution in [0.15, 0.2) is 65.4 Å². The number of aromatic nitrogens is 2. The van der Waals surface area contributed by atoms with Crippen LogP contribution in [0.4, 0.5) is 0 Å². The van der Waals surface area contributed by atoms with Crippen LogP contribution in [0.3, 0.4) is 0 Å². The molecule has 3 aromatic rings. The quantitative estimate of drug-likeness (QED) is 0.488.